The van der Waals surface area contributed by atoms with Gasteiger partial charge < -0.3 is 9.57 Å². The number of hydrogen-bond acceptors (Lipinski definition) is 3. The average Bonchev–Trinajstić information content (AvgIpc) is 2.25. The molecule has 1 atom stereocenters. The summed E-state index contributed by atoms with van der Waals surface area (Å²) in [5, 5.41) is 1.31. The van der Waals surface area contributed by atoms with Crippen LogP contribution in [0, 0.1) is 0 Å². The van der Waals surface area contributed by atoms with Crippen LogP contribution in [0.1, 0.15) is 31.9 Å². The molecule has 0 saturated carbocycles. The number of fused-ring (bicyclic) bond motifs is 1. The van der Waals surface area contributed by atoms with E-state index < -0.39 is 0 Å². The van der Waals surface area contributed by atoms with E-state index in [-0.39, 0.29) is 11.6 Å². The number of ether oxygens (including phenoxy) is 1. The third kappa shape index (κ3) is 2.56. The average molecular weight is 311 g/mol. The number of nitrogens with one attached hydrogen (secondary N) is 1. The first-order valence-corrected chi connectivity index (χ1v) is 6.64. The summed E-state index contributed by atoms with van der Waals surface area (Å²) in [6, 6.07) is 1.48. The van der Waals surface area contributed by atoms with Crippen molar-refractivity contribution in [3.8, 4) is 5.75 Å². The van der Waals surface area contributed by atoms with Crippen LogP contribution in [0.2, 0.25) is 15.1 Å². The Labute approximate surface area is 121 Å². The Hall–Kier alpha value is -0.190. The van der Waals surface area contributed by atoms with Crippen molar-refractivity contribution in [1.29, 1.82) is 0 Å². The van der Waals surface area contributed by atoms with Crippen molar-refractivity contribution in [2.24, 2.45) is 0 Å². The molecule has 0 fully saturated rings. The van der Waals surface area contributed by atoms with Crippen molar-refractivity contribution in [2.75, 3.05) is 7.11 Å². The molecule has 1 N–H and O–H groups in total. The van der Waals surface area contributed by atoms with Gasteiger partial charge in [0.15, 0.2) is 0 Å². The van der Waals surface area contributed by atoms with Gasteiger partial charge in [-0.05, 0) is 19.9 Å². The minimum Gasteiger partial charge on any atom is -0.486 e. The molecule has 1 aromatic rings. The molecule has 0 saturated heterocycles. The van der Waals surface area contributed by atoms with E-state index in [4.69, 9.17) is 44.4 Å². The van der Waals surface area contributed by atoms with Crippen molar-refractivity contribution in [3.63, 3.8) is 0 Å². The van der Waals surface area contributed by atoms with Gasteiger partial charge in [0.1, 0.15) is 11.4 Å². The second-order valence-corrected chi connectivity index (χ2v) is 6.03. The van der Waals surface area contributed by atoms with E-state index in [1.807, 2.05) is 13.8 Å². The van der Waals surface area contributed by atoms with E-state index >= 15 is 0 Å². The van der Waals surface area contributed by atoms with E-state index in [1.165, 1.54) is 0 Å². The Morgan fingerprint density at radius 2 is 2.00 bits per heavy atom. The molecule has 0 aliphatic carbocycles. The van der Waals surface area contributed by atoms with Crippen LogP contribution in [-0.2, 0) is 4.84 Å². The fraction of sp³-hybridized carbons (Fsp3) is 0.500. The van der Waals surface area contributed by atoms with Gasteiger partial charge in [-0.2, -0.15) is 5.48 Å². The summed E-state index contributed by atoms with van der Waals surface area (Å²) in [5.74, 6) is 0.567. The van der Waals surface area contributed by atoms with E-state index in [0.717, 1.165) is 5.56 Å². The van der Waals surface area contributed by atoms with Crippen LogP contribution in [-0.4, -0.2) is 12.7 Å². The molecule has 2 rings (SSSR count). The van der Waals surface area contributed by atoms with Gasteiger partial charge in [-0.15, -0.1) is 0 Å². The summed E-state index contributed by atoms with van der Waals surface area (Å²) in [5.41, 5.74) is 3.30. The van der Waals surface area contributed by atoms with Crippen molar-refractivity contribution in [1.82, 2.24) is 5.48 Å². The Balaban J connectivity index is 2.59. The molecule has 0 amide bonds. The highest BCUT2D eigenvalue weighted by molar-refractivity contribution is 6.44. The molecule has 18 heavy (non-hydrogen) atoms. The third-order valence-corrected chi connectivity index (χ3v) is 3.93. The van der Waals surface area contributed by atoms with Crippen molar-refractivity contribution in [2.45, 2.75) is 31.9 Å². The summed E-state index contributed by atoms with van der Waals surface area (Å²) in [6.45, 7) is 3.97. The lowest BCUT2D eigenvalue weighted by Crippen LogP contribution is -2.39. The lowest BCUT2D eigenvalue weighted by atomic mass is 9.90. The van der Waals surface area contributed by atoms with Crippen LogP contribution < -0.4 is 10.2 Å². The van der Waals surface area contributed by atoms with Gasteiger partial charge in [-0.1, -0.05) is 34.8 Å². The minimum atomic E-state index is -0.357. The highest BCUT2D eigenvalue weighted by Crippen LogP contribution is 2.49. The molecule has 0 bridgehead atoms. The SMILES string of the molecule is CONC1CC(C)(C)Oc2c(Cl)cc(Cl)c(Cl)c21. The molecular formula is C12H14Cl3NO2. The first-order valence-electron chi connectivity index (χ1n) is 5.50. The van der Waals surface area contributed by atoms with Gasteiger partial charge in [0, 0.05) is 12.0 Å². The molecule has 1 heterocycles. The molecular weight excluding hydrogens is 296 g/mol. The van der Waals surface area contributed by atoms with E-state index in [9.17, 15) is 0 Å². The summed E-state index contributed by atoms with van der Waals surface area (Å²) in [7, 11) is 1.56. The predicted molar refractivity (Wildman–Crippen MR) is 73.7 cm³/mol. The maximum absolute atomic E-state index is 6.24. The zero-order chi connectivity index (χ0) is 13.5. The Morgan fingerprint density at radius 1 is 1.33 bits per heavy atom. The van der Waals surface area contributed by atoms with Crippen molar-refractivity contribution >= 4 is 34.8 Å². The maximum atomic E-state index is 6.24. The van der Waals surface area contributed by atoms with Crippen LogP contribution in [0.3, 0.4) is 0 Å². The van der Waals surface area contributed by atoms with Crippen molar-refractivity contribution < 1.29 is 9.57 Å². The van der Waals surface area contributed by atoms with Gasteiger partial charge >= 0.3 is 0 Å². The van der Waals surface area contributed by atoms with Gasteiger partial charge in [-0.25, -0.2) is 0 Å². The number of hydroxylamine groups is 1. The molecule has 100 valence electrons. The Bertz CT molecular complexity index is 477. The quantitative estimate of drug-likeness (QED) is 0.649. The molecule has 1 unspecified atom stereocenters. The van der Waals surface area contributed by atoms with E-state index in [1.54, 1.807) is 13.2 Å². The maximum Gasteiger partial charge on any atom is 0.145 e. The highest BCUT2D eigenvalue weighted by Gasteiger charge is 2.37. The fourth-order valence-electron chi connectivity index (χ4n) is 2.17. The highest BCUT2D eigenvalue weighted by atomic mass is 35.5. The summed E-state index contributed by atoms with van der Waals surface area (Å²) in [4.78, 5) is 5.02. The predicted octanol–water partition coefficient (Wildman–Crippen LogP) is 4.40. The summed E-state index contributed by atoms with van der Waals surface area (Å²) >= 11 is 18.5. The number of halogens is 3. The molecule has 1 aliphatic heterocycles. The number of hydrogen-bond donors (Lipinski definition) is 1. The summed E-state index contributed by atoms with van der Waals surface area (Å²) in [6.07, 6.45) is 0.699. The number of rotatable bonds is 2. The Kier molecular flexibility index (Phi) is 4.00. The zero-order valence-corrected chi connectivity index (χ0v) is 12.6. The first kappa shape index (κ1) is 14.2. The standard InChI is InChI=1S/C12H14Cl3NO2/c1-12(2)5-8(16-17-3)9-10(15)6(13)4-7(14)11(9)18-12/h4,8,16H,5H2,1-3H3. The van der Waals surface area contributed by atoms with Gasteiger partial charge in [-0.3, -0.25) is 0 Å². The van der Waals surface area contributed by atoms with Crippen LogP contribution in [0.4, 0.5) is 0 Å². The fourth-order valence-corrected chi connectivity index (χ4v) is 2.95. The largest absolute Gasteiger partial charge is 0.486 e. The molecule has 3 nitrogen and oxygen atoms in total. The molecule has 1 aliphatic rings. The van der Waals surface area contributed by atoms with Gasteiger partial charge in [0.2, 0.25) is 0 Å². The molecule has 0 spiro atoms. The van der Waals surface area contributed by atoms with Crippen LogP contribution in [0.25, 0.3) is 0 Å². The second-order valence-electron chi connectivity index (χ2n) is 4.84. The van der Waals surface area contributed by atoms with E-state index in [0.29, 0.717) is 27.2 Å². The first-order chi connectivity index (χ1) is 8.35. The topological polar surface area (TPSA) is 30.5 Å². The zero-order valence-electron chi connectivity index (χ0n) is 10.3. The molecule has 6 heteroatoms. The third-order valence-electron chi connectivity index (χ3n) is 2.84. The smallest absolute Gasteiger partial charge is 0.145 e. The minimum absolute atomic E-state index is 0.113. The summed E-state index contributed by atoms with van der Waals surface area (Å²) < 4.78 is 5.89. The van der Waals surface area contributed by atoms with Crippen LogP contribution in [0.5, 0.6) is 5.75 Å². The van der Waals surface area contributed by atoms with Gasteiger partial charge in [0.05, 0.1) is 28.2 Å². The number of benzene rings is 1. The molecule has 1 aromatic carbocycles. The van der Waals surface area contributed by atoms with Crippen LogP contribution in [0.15, 0.2) is 6.07 Å². The van der Waals surface area contributed by atoms with Crippen LogP contribution >= 0.6 is 34.8 Å². The Morgan fingerprint density at radius 3 is 2.61 bits per heavy atom. The van der Waals surface area contributed by atoms with Crippen molar-refractivity contribution in [3.05, 3.63) is 26.7 Å². The lowest BCUT2D eigenvalue weighted by molar-refractivity contribution is 0.00310. The second kappa shape index (κ2) is 5.06. The van der Waals surface area contributed by atoms with Gasteiger partial charge in [0.25, 0.3) is 0 Å². The normalized spacial score (nSPS) is 21.3. The molecule has 0 aromatic heterocycles. The monoisotopic (exact) mass is 309 g/mol. The van der Waals surface area contributed by atoms with E-state index in [2.05, 4.69) is 5.48 Å². The molecule has 0 radical (unpaired) electrons. The lowest BCUT2D eigenvalue weighted by Gasteiger charge is -2.38.